The summed E-state index contributed by atoms with van der Waals surface area (Å²) < 4.78 is 29.6. The zero-order valence-corrected chi connectivity index (χ0v) is 19.4. The van der Waals surface area contributed by atoms with E-state index in [4.69, 9.17) is 0 Å². The molecular weight excluding hydrogens is 460 g/mol. The zero-order valence-electron chi connectivity index (χ0n) is 19.4. The fourth-order valence-corrected chi connectivity index (χ4v) is 4.27. The molecule has 1 saturated heterocycles. The van der Waals surface area contributed by atoms with Crippen LogP contribution in [0.3, 0.4) is 0 Å². The lowest BCUT2D eigenvalue weighted by molar-refractivity contribution is 0.0557. The van der Waals surface area contributed by atoms with Crippen molar-refractivity contribution in [1.29, 1.82) is 0 Å². The highest BCUT2D eigenvalue weighted by Gasteiger charge is 2.36. The number of benzene rings is 2. The Hall–Kier alpha value is -3.73. The molecule has 0 aromatic heterocycles. The van der Waals surface area contributed by atoms with Crippen LogP contribution in [0.15, 0.2) is 36.4 Å². The fraction of sp³-hybridized carbons (Fsp3) is 0.375. The summed E-state index contributed by atoms with van der Waals surface area (Å²) in [6.45, 7) is 0.279. The van der Waals surface area contributed by atoms with Crippen molar-refractivity contribution >= 4 is 29.2 Å². The molecule has 11 heteroatoms. The third kappa shape index (κ3) is 5.04. The van der Waals surface area contributed by atoms with Gasteiger partial charge in [-0.25, -0.2) is 13.6 Å². The summed E-state index contributed by atoms with van der Waals surface area (Å²) in [5, 5.41) is 15.9. The Morgan fingerprint density at radius 1 is 1.14 bits per heavy atom. The second-order valence-corrected chi connectivity index (χ2v) is 8.87. The summed E-state index contributed by atoms with van der Waals surface area (Å²) in [6.07, 6.45) is -0.592. The van der Waals surface area contributed by atoms with Crippen molar-refractivity contribution in [2.24, 2.45) is 0 Å². The minimum atomic E-state index is -1.15. The van der Waals surface area contributed by atoms with Gasteiger partial charge in [0, 0.05) is 45.5 Å². The number of aliphatic hydroxyl groups is 1. The Balaban J connectivity index is 1.34. The van der Waals surface area contributed by atoms with E-state index in [1.54, 1.807) is 43.3 Å². The van der Waals surface area contributed by atoms with Crippen molar-refractivity contribution in [3.8, 4) is 0 Å². The molecule has 0 aliphatic carbocycles. The molecule has 2 aromatic carbocycles. The van der Waals surface area contributed by atoms with Gasteiger partial charge >= 0.3 is 6.03 Å². The third-order valence-electron chi connectivity index (χ3n) is 6.07. The molecule has 1 fully saturated rings. The minimum Gasteiger partial charge on any atom is -0.389 e. The summed E-state index contributed by atoms with van der Waals surface area (Å²) in [7, 11) is 3.23. The molecule has 4 rings (SSSR count). The molecule has 1 unspecified atom stereocenters. The van der Waals surface area contributed by atoms with Gasteiger partial charge in [0.2, 0.25) is 0 Å². The lowest BCUT2D eigenvalue weighted by atomic mass is 10.1. The second kappa shape index (κ2) is 9.87. The maximum absolute atomic E-state index is 14.8. The van der Waals surface area contributed by atoms with Crippen LogP contribution in [-0.2, 0) is 0 Å². The van der Waals surface area contributed by atoms with Crippen LogP contribution in [0.25, 0.3) is 0 Å². The lowest BCUT2D eigenvalue weighted by Gasteiger charge is -2.22. The molecule has 2 aliphatic heterocycles. The van der Waals surface area contributed by atoms with Crippen LogP contribution in [0.1, 0.15) is 27.1 Å². The minimum absolute atomic E-state index is 0.113. The van der Waals surface area contributed by atoms with Gasteiger partial charge in [-0.1, -0.05) is 12.1 Å². The van der Waals surface area contributed by atoms with Gasteiger partial charge < -0.3 is 25.5 Å². The monoisotopic (exact) mass is 487 g/mol. The van der Waals surface area contributed by atoms with Crippen molar-refractivity contribution in [2.45, 2.75) is 18.6 Å². The highest BCUT2D eigenvalue weighted by atomic mass is 19.1. The number of nitrogens with zero attached hydrogens (tertiary/aromatic N) is 3. The number of carbonyl (C=O) groups excluding carboxylic acids is 3. The largest absolute Gasteiger partial charge is 0.389 e. The standard InChI is InChI=1S/C24H27F2N5O4/c1-29(2)24(35)28-14-7-8-30(12-14)21-19(25)9-15(10-20(21)26)27-11-16(32)13-31-22(33)17-5-3-4-6-18(17)23(31)34/h3-6,9-10,14,16,27,32H,7-8,11-13H2,1-2H3,(H,28,35)/t14?,16-/m1/s1. The molecule has 0 saturated carbocycles. The number of amides is 4. The van der Waals surface area contributed by atoms with E-state index < -0.39 is 29.6 Å². The number of aliphatic hydroxyl groups excluding tert-OH is 1. The number of rotatable bonds is 7. The molecule has 2 heterocycles. The molecular formula is C24H27F2N5O4. The topological polar surface area (TPSA) is 105 Å². The Labute approximate surface area is 201 Å². The first kappa shape index (κ1) is 24.4. The first-order chi connectivity index (χ1) is 16.7. The number of anilines is 2. The maximum atomic E-state index is 14.8. The number of hydrogen-bond donors (Lipinski definition) is 3. The Morgan fingerprint density at radius 3 is 2.31 bits per heavy atom. The van der Waals surface area contributed by atoms with Gasteiger partial charge in [0.1, 0.15) is 5.69 Å². The first-order valence-electron chi connectivity index (χ1n) is 11.2. The fourth-order valence-electron chi connectivity index (χ4n) is 4.27. The number of urea groups is 1. The molecule has 4 amide bonds. The predicted octanol–water partition coefficient (Wildman–Crippen LogP) is 1.88. The molecule has 3 N–H and O–H groups in total. The number of nitrogens with one attached hydrogen (secondary N) is 2. The zero-order chi connectivity index (χ0) is 25.3. The van der Waals surface area contributed by atoms with Crippen molar-refractivity contribution in [3.63, 3.8) is 0 Å². The molecule has 9 nitrogen and oxygen atoms in total. The maximum Gasteiger partial charge on any atom is 0.317 e. The number of β-amino-alcohol motifs (C(OH)–C–C–N with tert-alkyl or cyclic N) is 1. The average Bonchev–Trinajstić information content (AvgIpc) is 3.36. The lowest BCUT2D eigenvalue weighted by Crippen LogP contribution is -2.42. The van der Waals surface area contributed by atoms with E-state index in [2.05, 4.69) is 10.6 Å². The Kier molecular flexibility index (Phi) is 6.88. The van der Waals surface area contributed by atoms with Gasteiger partial charge in [-0.15, -0.1) is 0 Å². The summed E-state index contributed by atoms with van der Waals surface area (Å²) in [4.78, 5) is 40.6. The van der Waals surface area contributed by atoms with Crippen LogP contribution in [0.4, 0.5) is 25.0 Å². The van der Waals surface area contributed by atoms with Gasteiger partial charge in [-0.05, 0) is 30.7 Å². The van der Waals surface area contributed by atoms with Crippen molar-refractivity contribution < 1.29 is 28.3 Å². The smallest absolute Gasteiger partial charge is 0.317 e. The van der Waals surface area contributed by atoms with Crippen LogP contribution >= 0.6 is 0 Å². The highest BCUT2D eigenvalue weighted by Crippen LogP contribution is 2.30. The number of carbonyl (C=O) groups is 3. The molecule has 0 spiro atoms. The third-order valence-corrected chi connectivity index (χ3v) is 6.07. The molecule has 0 bridgehead atoms. The Bertz CT molecular complexity index is 1100. The van der Waals surface area contributed by atoms with Gasteiger partial charge in [-0.3, -0.25) is 14.5 Å². The molecule has 2 aliphatic rings. The van der Waals surface area contributed by atoms with E-state index in [1.165, 1.54) is 4.90 Å². The van der Waals surface area contributed by atoms with Gasteiger partial charge in [0.25, 0.3) is 11.8 Å². The van der Waals surface area contributed by atoms with Crippen molar-refractivity contribution in [3.05, 3.63) is 59.2 Å². The molecule has 186 valence electrons. The second-order valence-electron chi connectivity index (χ2n) is 8.87. The van der Waals surface area contributed by atoms with E-state index in [0.29, 0.717) is 13.0 Å². The summed E-state index contributed by atoms with van der Waals surface area (Å²) >= 11 is 0. The SMILES string of the molecule is CN(C)C(=O)NC1CCN(c2c(F)cc(NC[C@@H](O)CN3C(=O)c4ccccc4C3=O)cc2F)C1. The van der Waals surface area contributed by atoms with Gasteiger partial charge in [0.15, 0.2) is 11.6 Å². The quantitative estimate of drug-likeness (QED) is 0.516. The van der Waals surface area contributed by atoms with Crippen molar-refractivity contribution in [2.75, 3.05) is 50.5 Å². The van der Waals surface area contributed by atoms with Gasteiger partial charge in [-0.2, -0.15) is 0 Å². The molecule has 2 atom stereocenters. The van der Waals surface area contributed by atoms with Crippen molar-refractivity contribution in [1.82, 2.24) is 15.1 Å². The molecule has 2 aromatic rings. The van der Waals surface area contributed by atoms with Crippen LogP contribution < -0.4 is 15.5 Å². The number of halogens is 2. The van der Waals surface area contributed by atoms with Crippen LogP contribution in [0.2, 0.25) is 0 Å². The first-order valence-corrected chi connectivity index (χ1v) is 11.2. The van der Waals surface area contributed by atoms with E-state index in [9.17, 15) is 28.3 Å². The molecule has 35 heavy (non-hydrogen) atoms. The molecule has 0 radical (unpaired) electrons. The highest BCUT2D eigenvalue weighted by molar-refractivity contribution is 6.21. The average molecular weight is 488 g/mol. The van der Waals surface area contributed by atoms with Gasteiger partial charge in [0.05, 0.1) is 23.8 Å². The van der Waals surface area contributed by atoms with E-state index in [0.717, 1.165) is 17.0 Å². The summed E-state index contributed by atoms with van der Waals surface area (Å²) in [5.74, 6) is -2.53. The number of hydrogen-bond acceptors (Lipinski definition) is 6. The van der Waals surface area contributed by atoms with Crippen LogP contribution in [-0.4, -0.2) is 85.2 Å². The van der Waals surface area contributed by atoms with E-state index >= 15 is 0 Å². The number of fused-ring (bicyclic) bond motifs is 1. The van der Waals surface area contributed by atoms with Crippen LogP contribution in [0.5, 0.6) is 0 Å². The Morgan fingerprint density at radius 2 is 1.74 bits per heavy atom. The summed E-state index contributed by atoms with van der Waals surface area (Å²) in [5.41, 5.74) is 0.496. The van der Waals surface area contributed by atoms with E-state index in [-0.39, 0.29) is 54.2 Å². The summed E-state index contributed by atoms with van der Waals surface area (Å²) in [6, 6.07) is 8.16. The van der Waals surface area contributed by atoms with Crippen LogP contribution in [0, 0.1) is 11.6 Å². The van der Waals surface area contributed by atoms with E-state index in [1.807, 2.05) is 0 Å². The number of imide groups is 1. The normalized spacial score (nSPS) is 18.0. The predicted molar refractivity (Wildman–Crippen MR) is 126 cm³/mol.